The molecule has 2 heteroatoms. The first kappa shape index (κ1) is 10.3. The van der Waals surface area contributed by atoms with Crippen LogP contribution in [0.5, 0.6) is 0 Å². The standard InChI is InChI=1S/C11H20N2/c1-4-6-13-7-5-10(8-13)11(12)9(2)3/h5,7-9,11H,4,6,12H2,1-3H3. The van der Waals surface area contributed by atoms with E-state index in [0.717, 1.165) is 6.54 Å². The average molecular weight is 180 g/mol. The van der Waals surface area contributed by atoms with Gasteiger partial charge in [-0.3, -0.25) is 0 Å². The molecule has 13 heavy (non-hydrogen) atoms. The van der Waals surface area contributed by atoms with E-state index in [4.69, 9.17) is 5.73 Å². The van der Waals surface area contributed by atoms with E-state index in [2.05, 4.69) is 43.8 Å². The number of hydrogen-bond acceptors (Lipinski definition) is 1. The summed E-state index contributed by atoms with van der Waals surface area (Å²) in [5, 5.41) is 0. The Bertz CT molecular complexity index is 250. The molecule has 1 aromatic heterocycles. The minimum atomic E-state index is 0.179. The van der Waals surface area contributed by atoms with Crippen LogP contribution in [0.3, 0.4) is 0 Å². The van der Waals surface area contributed by atoms with E-state index in [1.165, 1.54) is 12.0 Å². The molecule has 1 heterocycles. The minimum Gasteiger partial charge on any atom is -0.354 e. The summed E-state index contributed by atoms with van der Waals surface area (Å²) >= 11 is 0. The zero-order valence-electron chi connectivity index (χ0n) is 8.83. The number of hydrogen-bond donors (Lipinski definition) is 1. The van der Waals surface area contributed by atoms with Gasteiger partial charge in [0.05, 0.1) is 0 Å². The second kappa shape index (κ2) is 4.47. The molecular weight excluding hydrogens is 160 g/mol. The van der Waals surface area contributed by atoms with Crippen molar-refractivity contribution in [1.82, 2.24) is 4.57 Å². The topological polar surface area (TPSA) is 30.9 Å². The maximum Gasteiger partial charge on any atom is 0.0333 e. The maximum atomic E-state index is 6.03. The summed E-state index contributed by atoms with van der Waals surface area (Å²) in [6, 6.07) is 2.30. The van der Waals surface area contributed by atoms with Gasteiger partial charge in [-0.25, -0.2) is 0 Å². The Kier molecular flexibility index (Phi) is 3.55. The second-order valence-electron chi connectivity index (χ2n) is 3.95. The third-order valence-electron chi connectivity index (χ3n) is 2.36. The number of aromatic nitrogens is 1. The van der Waals surface area contributed by atoms with Gasteiger partial charge in [-0.15, -0.1) is 0 Å². The van der Waals surface area contributed by atoms with Crippen LogP contribution in [-0.4, -0.2) is 4.57 Å². The summed E-state index contributed by atoms with van der Waals surface area (Å²) < 4.78 is 2.21. The Morgan fingerprint density at radius 1 is 1.46 bits per heavy atom. The molecule has 0 saturated heterocycles. The van der Waals surface area contributed by atoms with Gasteiger partial charge >= 0.3 is 0 Å². The molecule has 0 bridgehead atoms. The van der Waals surface area contributed by atoms with Crippen molar-refractivity contribution in [1.29, 1.82) is 0 Å². The Balaban J connectivity index is 2.67. The zero-order chi connectivity index (χ0) is 9.84. The molecule has 1 unspecified atom stereocenters. The van der Waals surface area contributed by atoms with E-state index >= 15 is 0 Å². The molecule has 0 aromatic carbocycles. The van der Waals surface area contributed by atoms with E-state index in [-0.39, 0.29) is 6.04 Å². The van der Waals surface area contributed by atoms with Gasteiger partial charge in [-0.1, -0.05) is 20.8 Å². The first-order chi connectivity index (χ1) is 6.15. The highest BCUT2D eigenvalue weighted by Crippen LogP contribution is 2.18. The summed E-state index contributed by atoms with van der Waals surface area (Å²) in [5.74, 6) is 0.512. The molecule has 0 radical (unpaired) electrons. The molecule has 0 aliphatic carbocycles. The summed E-state index contributed by atoms with van der Waals surface area (Å²) in [4.78, 5) is 0. The third-order valence-corrected chi connectivity index (χ3v) is 2.36. The van der Waals surface area contributed by atoms with Crippen LogP contribution in [-0.2, 0) is 6.54 Å². The SMILES string of the molecule is CCCn1ccc(C(N)C(C)C)c1. The van der Waals surface area contributed by atoms with Crippen molar-refractivity contribution in [3.8, 4) is 0 Å². The molecule has 0 saturated carbocycles. The fraction of sp³-hybridized carbons (Fsp3) is 0.636. The van der Waals surface area contributed by atoms with Gasteiger partial charge < -0.3 is 10.3 Å². The summed E-state index contributed by atoms with van der Waals surface area (Å²) in [6.45, 7) is 7.58. The van der Waals surface area contributed by atoms with Crippen LogP contribution in [0.1, 0.15) is 38.8 Å². The van der Waals surface area contributed by atoms with Crippen molar-refractivity contribution in [2.24, 2.45) is 11.7 Å². The minimum absolute atomic E-state index is 0.179. The quantitative estimate of drug-likeness (QED) is 0.758. The fourth-order valence-electron chi connectivity index (χ4n) is 1.44. The molecule has 0 aliphatic heterocycles. The smallest absolute Gasteiger partial charge is 0.0333 e. The molecular formula is C11H20N2. The number of aryl methyl sites for hydroxylation is 1. The number of nitrogens with two attached hydrogens (primary N) is 1. The monoisotopic (exact) mass is 180 g/mol. The van der Waals surface area contributed by atoms with Crippen LogP contribution in [0, 0.1) is 5.92 Å². The van der Waals surface area contributed by atoms with E-state index in [0.29, 0.717) is 5.92 Å². The Morgan fingerprint density at radius 3 is 2.69 bits per heavy atom. The largest absolute Gasteiger partial charge is 0.354 e. The van der Waals surface area contributed by atoms with Gasteiger partial charge in [0.15, 0.2) is 0 Å². The highest BCUT2D eigenvalue weighted by Gasteiger charge is 2.10. The van der Waals surface area contributed by atoms with Gasteiger partial charge in [0, 0.05) is 25.0 Å². The molecule has 0 aliphatic rings. The van der Waals surface area contributed by atoms with E-state index in [9.17, 15) is 0 Å². The zero-order valence-corrected chi connectivity index (χ0v) is 8.83. The molecule has 1 aromatic rings. The van der Waals surface area contributed by atoms with Crippen LogP contribution >= 0.6 is 0 Å². The first-order valence-electron chi connectivity index (χ1n) is 5.06. The van der Waals surface area contributed by atoms with Crippen molar-refractivity contribution in [2.75, 3.05) is 0 Å². The lowest BCUT2D eigenvalue weighted by Gasteiger charge is -2.13. The van der Waals surface area contributed by atoms with Crippen LogP contribution in [0.15, 0.2) is 18.5 Å². The highest BCUT2D eigenvalue weighted by atomic mass is 14.9. The van der Waals surface area contributed by atoms with E-state index < -0.39 is 0 Å². The van der Waals surface area contributed by atoms with Crippen molar-refractivity contribution >= 4 is 0 Å². The molecule has 0 amide bonds. The second-order valence-corrected chi connectivity index (χ2v) is 3.95. The maximum absolute atomic E-state index is 6.03. The Hall–Kier alpha value is -0.760. The number of rotatable bonds is 4. The predicted molar refractivity (Wildman–Crippen MR) is 56.5 cm³/mol. The van der Waals surface area contributed by atoms with E-state index in [1.54, 1.807) is 0 Å². The molecule has 0 spiro atoms. The summed E-state index contributed by atoms with van der Waals surface area (Å²) in [6.07, 6.45) is 5.44. The van der Waals surface area contributed by atoms with Crippen molar-refractivity contribution in [3.63, 3.8) is 0 Å². The van der Waals surface area contributed by atoms with Crippen LogP contribution in [0.2, 0.25) is 0 Å². The van der Waals surface area contributed by atoms with Crippen molar-refractivity contribution in [2.45, 2.75) is 39.8 Å². The van der Waals surface area contributed by atoms with E-state index in [1.807, 2.05) is 0 Å². The lowest BCUT2D eigenvalue weighted by Crippen LogP contribution is -2.15. The fourth-order valence-corrected chi connectivity index (χ4v) is 1.44. The van der Waals surface area contributed by atoms with Gasteiger partial charge in [0.25, 0.3) is 0 Å². The first-order valence-corrected chi connectivity index (χ1v) is 5.06. The third kappa shape index (κ3) is 2.59. The van der Waals surface area contributed by atoms with Crippen LogP contribution < -0.4 is 5.73 Å². The Morgan fingerprint density at radius 2 is 2.15 bits per heavy atom. The lowest BCUT2D eigenvalue weighted by molar-refractivity contribution is 0.513. The van der Waals surface area contributed by atoms with Gasteiger partial charge in [0.2, 0.25) is 0 Å². The van der Waals surface area contributed by atoms with Gasteiger partial charge in [-0.05, 0) is 24.0 Å². The molecule has 74 valence electrons. The molecule has 1 rings (SSSR count). The van der Waals surface area contributed by atoms with Gasteiger partial charge in [0.1, 0.15) is 0 Å². The van der Waals surface area contributed by atoms with Crippen LogP contribution in [0.25, 0.3) is 0 Å². The molecule has 2 N–H and O–H groups in total. The molecule has 1 atom stereocenters. The summed E-state index contributed by atoms with van der Waals surface area (Å²) in [7, 11) is 0. The predicted octanol–water partition coefficient (Wildman–Crippen LogP) is 2.55. The highest BCUT2D eigenvalue weighted by molar-refractivity contribution is 5.15. The number of nitrogens with zero attached hydrogens (tertiary/aromatic N) is 1. The normalized spacial score (nSPS) is 13.6. The van der Waals surface area contributed by atoms with Crippen molar-refractivity contribution in [3.05, 3.63) is 24.0 Å². The molecule has 0 fully saturated rings. The average Bonchev–Trinajstić information content (AvgIpc) is 2.52. The Labute approximate surface area is 80.7 Å². The summed E-state index contributed by atoms with van der Waals surface area (Å²) in [5.41, 5.74) is 7.29. The molecule has 2 nitrogen and oxygen atoms in total. The lowest BCUT2D eigenvalue weighted by atomic mass is 10.00. The van der Waals surface area contributed by atoms with Crippen molar-refractivity contribution < 1.29 is 0 Å². The van der Waals surface area contributed by atoms with Crippen LogP contribution in [0.4, 0.5) is 0 Å². The van der Waals surface area contributed by atoms with Gasteiger partial charge in [-0.2, -0.15) is 0 Å².